The Morgan fingerprint density at radius 1 is 1.00 bits per heavy atom. The van der Waals surface area contributed by atoms with Gasteiger partial charge in [-0.15, -0.1) is 0 Å². The third-order valence-electron chi connectivity index (χ3n) is 3.49. The van der Waals surface area contributed by atoms with E-state index in [2.05, 4.69) is 18.3 Å². The van der Waals surface area contributed by atoms with Gasteiger partial charge in [-0.3, -0.25) is 0 Å². The van der Waals surface area contributed by atoms with Crippen LogP contribution in [0.1, 0.15) is 22.7 Å². The Morgan fingerprint density at radius 2 is 1.71 bits per heavy atom. The van der Waals surface area contributed by atoms with E-state index in [1.807, 2.05) is 37.4 Å². The first-order valence-corrected chi connectivity index (χ1v) is 7.13. The van der Waals surface area contributed by atoms with Crippen molar-refractivity contribution in [3.63, 3.8) is 0 Å². The van der Waals surface area contributed by atoms with Crippen LogP contribution in [-0.4, -0.2) is 21.3 Å². The molecule has 2 rings (SSSR count). The summed E-state index contributed by atoms with van der Waals surface area (Å²) in [6.45, 7) is 2.07. The minimum atomic E-state index is 0.00557. The van der Waals surface area contributed by atoms with E-state index < -0.39 is 0 Å². The van der Waals surface area contributed by atoms with Crippen LogP contribution in [-0.2, 0) is 0 Å². The smallest absolute Gasteiger partial charge is 0.137 e. The van der Waals surface area contributed by atoms with E-state index in [1.54, 1.807) is 14.2 Å². The van der Waals surface area contributed by atoms with Gasteiger partial charge in [-0.2, -0.15) is 0 Å². The van der Waals surface area contributed by atoms with Crippen LogP contribution in [0.5, 0.6) is 11.5 Å². The first-order valence-electron chi connectivity index (χ1n) is 6.76. The molecule has 0 heterocycles. The highest BCUT2D eigenvalue weighted by Gasteiger charge is 2.18. The van der Waals surface area contributed by atoms with E-state index in [-0.39, 0.29) is 6.04 Å². The quantitative estimate of drug-likeness (QED) is 0.906. The molecule has 0 aliphatic rings. The van der Waals surface area contributed by atoms with Crippen LogP contribution in [0.25, 0.3) is 0 Å². The molecule has 0 aromatic heterocycles. The van der Waals surface area contributed by atoms with Crippen molar-refractivity contribution < 1.29 is 9.47 Å². The molecule has 0 saturated carbocycles. The van der Waals surface area contributed by atoms with Gasteiger partial charge in [-0.25, -0.2) is 0 Å². The number of methoxy groups -OCH3 is 2. The number of nitrogens with one attached hydrogen (secondary N) is 1. The molecule has 0 spiro atoms. The van der Waals surface area contributed by atoms with Crippen molar-refractivity contribution >= 4 is 11.6 Å². The van der Waals surface area contributed by atoms with Gasteiger partial charge in [0.2, 0.25) is 0 Å². The number of ether oxygens (including phenoxy) is 2. The zero-order chi connectivity index (χ0) is 15.4. The molecule has 1 N–H and O–H groups in total. The molecule has 0 amide bonds. The molecule has 1 unspecified atom stereocenters. The SMILES string of the molecule is CNC(c1ccc(Cl)c(OC)c1)c1cc(C)ccc1OC. The molecule has 3 nitrogen and oxygen atoms in total. The molecule has 2 aromatic rings. The highest BCUT2D eigenvalue weighted by molar-refractivity contribution is 6.32. The number of halogens is 1. The summed E-state index contributed by atoms with van der Waals surface area (Å²) in [5.74, 6) is 1.52. The maximum absolute atomic E-state index is 6.10. The third kappa shape index (κ3) is 3.31. The summed E-state index contributed by atoms with van der Waals surface area (Å²) in [7, 11) is 5.23. The second-order valence-corrected chi connectivity index (χ2v) is 5.27. The van der Waals surface area contributed by atoms with Gasteiger partial charge in [0.05, 0.1) is 25.3 Å². The predicted octanol–water partition coefficient (Wildman–Crippen LogP) is 3.97. The summed E-state index contributed by atoms with van der Waals surface area (Å²) in [4.78, 5) is 0. The average molecular weight is 306 g/mol. The first-order chi connectivity index (χ1) is 10.1. The zero-order valence-electron chi connectivity index (χ0n) is 12.7. The average Bonchev–Trinajstić information content (AvgIpc) is 2.50. The number of aryl methyl sites for hydroxylation is 1. The maximum Gasteiger partial charge on any atom is 0.137 e. The van der Waals surface area contributed by atoms with Crippen molar-refractivity contribution in [2.45, 2.75) is 13.0 Å². The lowest BCUT2D eigenvalue weighted by Crippen LogP contribution is -2.18. The van der Waals surface area contributed by atoms with Crippen LogP contribution in [0.2, 0.25) is 5.02 Å². The lowest BCUT2D eigenvalue weighted by molar-refractivity contribution is 0.404. The van der Waals surface area contributed by atoms with Crippen LogP contribution in [0.15, 0.2) is 36.4 Å². The molecule has 0 aliphatic heterocycles. The highest BCUT2D eigenvalue weighted by Crippen LogP contribution is 2.34. The van der Waals surface area contributed by atoms with Gasteiger partial charge in [0.15, 0.2) is 0 Å². The molecule has 0 bridgehead atoms. The van der Waals surface area contributed by atoms with Crippen LogP contribution in [0, 0.1) is 6.92 Å². The second-order valence-electron chi connectivity index (χ2n) is 4.86. The summed E-state index contributed by atoms with van der Waals surface area (Å²) in [5, 5.41) is 3.93. The molecule has 0 aliphatic carbocycles. The molecule has 0 saturated heterocycles. The molecule has 1 atom stereocenters. The summed E-state index contributed by atoms with van der Waals surface area (Å²) in [6, 6.07) is 12.0. The summed E-state index contributed by atoms with van der Waals surface area (Å²) >= 11 is 6.10. The van der Waals surface area contributed by atoms with Gasteiger partial charge < -0.3 is 14.8 Å². The molecule has 112 valence electrons. The van der Waals surface area contributed by atoms with Crippen molar-refractivity contribution in [3.8, 4) is 11.5 Å². The molecule has 4 heteroatoms. The Bertz CT molecular complexity index is 628. The molecule has 2 aromatic carbocycles. The molecule has 0 radical (unpaired) electrons. The van der Waals surface area contributed by atoms with Crippen LogP contribution in [0.4, 0.5) is 0 Å². The maximum atomic E-state index is 6.10. The molecule has 0 fully saturated rings. The summed E-state index contributed by atoms with van der Waals surface area (Å²) in [5.41, 5.74) is 3.35. The lowest BCUT2D eigenvalue weighted by Gasteiger charge is -2.21. The fourth-order valence-corrected chi connectivity index (χ4v) is 2.63. The Labute approximate surface area is 130 Å². The van der Waals surface area contributed by atoms with E-state index in [1.165, 1.54) is 5.56 Å². The second kappa shape index (κ2) is 6.83. The van der Waals surface area contributed by atoms with E-state index in [4.69, 9.17) is 21.1 Å². The van der Waals surface area contributed by atoms with Gasteiger partial charge in [0, 0.05) is 5.56 Å². The van der Waals surface area contributed by atoms with Crippen molar-refractivity contribution in [2.75, 3.05) is 21.3 Å². The Balaban J connectivity index is 2.51. The van der Waals surface area contributed by atoms with Crippen LogP contribution in [0.3, 0.4) is 0 Å². The Hall–Kier alpha value is -1.71. The van der Waals surface area contributed by atoms with E-state index in [9.17, 15) is 0 Å². The fraction of sp³-hybridized carbons (Fsp3) is 0.294. The van der Waals surface area contributed by atoms with Crippen molar-refractivity contribution in [1.29, 1.82) is 0 Å². The number of rotatable bonds is 5. The van der Waals surface area contributed by atoms with Crippen LogP contribution >= 0.6 is 11.6 Å². The van der Waals surface area contributed by atoms with E-state index in [0.717, 1.165) is 16.9 Å². The largest absolute Gasteiger partial charge is 0.496 e. The monoisotopic (exact) mass is 305 g/mol. The minimum Gasteiger partial charge on any atom is -0.496 e. The van der Waals surface area contributed by atoms with Gasteiger partial charge in [-0.1, -0.05) is 35.4 Å². The first kappa shape index (κ1) is 15.7. The summed E-state index contributed by atoms with van der Waals surface area (Å²) < 4.78 is 10.8. The lowest BCUT2D eigenvalue weighted by atomic mass is 9.96. The number of hydrogen-bond acceptors (Lipinski definition) is 3. The Kier molecular flexibility index (Phi) is 5.10. The zero-order valence-corrected chi connectivity index (χ0v) is 13.5. The van der Waals surface area contributed by atoms with Crippen molar-refractivity contribution in [1.82, 2.24) is 5.32 Å². The topological polar surface area (TPSA) is 30.5 Å². The number of benzene rings is 2. The normalized spacial score (nSPS) is 12.0. The van der Waals surface area contributed by atoms with E-state index >= 15 is 0 Å². The molecular formula is C17H20ClNO2. The predicted molar refractivity (Wildman–Crippen MR) is 86.6 cm³/mol. The minimum absolute atomic E-state index is 0.00557. The van der Waals surface area contributed by atoms with Gasteiger partial charge in [0.25, 0.3) is 0 Å². The Morgan fingerprint density at radius 3 is 2.33 bits per heavy atom. The fourth-order valence-electron chi connectivity index (χ4n) is 2.44. The van der Waals surface area contributed by atoms with Crippen molar-refractivity contribution in [3.05, 3.63) is 58.1 Å². The highest BCUT2D eigenvalue weighted by atomic mass is 35.5. The van der Waals surface area contributed by atoms with Gasteiger partial charge >= 0.3 is 0 Å². The summed E-state index contributed by atoms with van der Waals surface area (Å²) in [6.07, 6.45) is 0. The standard InChI is InChI=1S/C17H20ClNO2/c1-11-5-8-15(20-3)13(9-11)17(19-2)12-6-7-14(18)16(10-12)21-4/h5-10,17,19H,1-4H3. The number of hydrogen-bond donors (Lipinski definition) is 1. The third-order valence-corrected chi connectivity index (χ3v) is 3.81. The molecular weight excluding hydrogens is 286 g/mol. The van der Waals surface area contributed by atoms with Gasteiger partial charge in [-0.05, 0) is 37.7 Å². The van der Waals surface area contributed by atoms with Crippen molar-refractivity contribution in [2.24, 2.45) is 0 Å². The van der Waals surface area contributed by atoms with Crippen LogP contribution < -0.4 is 14.8 Å². The van der Waals surface area contributed by atoms with E-state index in [0.29, 0.717) is 10.8 Å². The molecule has 21 heavy (non-hydrogen) atoms. The van der Waals surface area contributed by atoms with Gasteiger partial charge in [0.1, 0.15) is 11.5 Å².